The third kappa shape index (κ3) is 5.84. The van der Waals surface area contributed by atoms with Gasteiger partial charge in [-0.15, -0.1) is 0 Å². The largest absolute Gasteiger partial charge is 0.383 e. The first kappa shape index (κ1) is 22.5. The third-order valence-corrected chi connectivity index (χ3v) is 4.54. The fourth-order valence-electron chi connectivity index (χ4n) is 2.90. The molecule has 0 unspecified atom stereocenters. The van der Waals surface area contributed by atoms with Gasteiger partial charge in [-0.3, -0.25) is 19.1 Å². The van der Waals surface area contributed by atoms with Crippen molar-refractivity contribution in [3.8, 4) is 0 Å². The van der Waals surface area contributed by atoms with E-state index in [9.17, 15) is 14.4 Å². The lowest BCUT2D eigenvalue weighted by Crippen LogP contribution is -2.41. The molecular formula is C21H27ClN4O3. The molecular weight excluding hydrogens is 392 g/mol. The Morgan fingerprint density at radius 1 is 1.34 bits per heavy atom. The molecule has 1 aromatic carbocycles. The van der Waals surface area contributed by atoms with Gasteiger partial charge in [-0.05, 0) is 36.1 Å². The summed E-state index contributed by atoms with van der Waals surface area (Å²) in [6.07, 6.45) is 4.50. The maximum atomic E-state index is 12.9. The van der Waals surface area contributed by atoms with Crippen LogP contribution in [0.4, 0.5) is 11.5 Å². The Morgan fingerprint density at radius 2 is 2.07 bits per heavy atom. The van der Waals surface area contributed by atoms with Crippen molar-refractivity contribution >= 4 is 35.1 Å². The molecule has 7 nitrogen and oxygen atoms in total. The molecule has 8 heteroatoms. The highest BCUT2D eigenvalue weighted by Crippen LogP contribution is 2.19. The van der Waals surface area contributed by atoms with Crippen LogP contribution in [0.15, 0.2) is 39.9 Å². The first-order valence-corrected chi connectivity index (χ1v) is 10.00. The number of nitrogen functional groups attached to an aromatic ring is 1. The monoisotopic (exact) mass is 418 g/mol. The van der Waals surface area contributed by atoms with Crippen molar-refractivity contribution in [2.75, 3.05) is 17.2 Å². The van der Waals surface area contributed by atoms with Crippen molar-refractivity contribution < 1.29 is 4.79 Å². The second kappa shape index (κ2) is 10.1. The molecule has 0 fully saturated rings. The van der Waals surface area contributed by atoms with Crippen molar-refractivity contribution in [3.05, 3.63) is 61.8 Å². The molecule has 156 valence electrons. The number of nitrogens with two attached hydrogens (primary N) is 1. The van der Waals surface area contributed by atoms with E-state index in [-0.39, 0.29) is 17.4 Å². The normalized spacial score (nSPS) is 11.3. The maximum Gasteiger partial charge on any atom is 0.330 e. The van der Waals surface area contributed by atoms with Crippen LogP contribution in [-0.4, -0.2) is 22.0 Å². The molecule has 3 N–H and O–H groups in total. The summed E-state index contributed by atoms with van der Waals surface area (Å²) < 4.78 is 1.30. The number of nitrogens with one attached hydrogen (secondary N) is 1. The lowest BCUT2D eigenvalue weighted by Gasteiger charge is -2.23. The fourth-order valence-corrected chi connectivity index (χ4v) is 3.10. The number of carbonyl (C=O) groups excluding carboxylic acids is 1. The van der Waals surface area contributed by atoms with Crippen LogP contribution < -0.4 is 21.9 Å². The molecule has 0 saturated heterocycles. The molecule has 29 heavy (non-hydrogen) atoms. The van der Waals surface area contributed by atoms with Gasteiger partial charge in [0.25, 0.3) is 11.5 Å². The minimum absolute atomic E-state index is 0.000515. The summed E-state index contributed by atoms with van der Waals surface area (Å²) in [6.45, 7) is 6.50. The predicted molar refractivity (Wildman–Crippen MR) is 118 cm³/mol. The molecule has 2 rings (SSSR count). The number of aromatic nitrogens is 2. The van der Waals surface area contributed by atoms with E-state index in [0.29, 0.717) is 24.5 Å². The summed E-state index contributed by atoms with van der Waals surface area (Å²) in [5.74, 6) is -0.269. The highest BCUT2D eigenvalue weighted by Gasteiger charge is 2.22. The first-order valence-electron chi connectivity index (χ1n) is 9.62. The van der Waals surface area contributed by atoms with Crippen LogP contribution in [0.3, 0.4) is 0 Å². The van der Waals surface area contributed by atoms with E-state index in [1.54, 1.807) is 24.3 Å². The van der Waals surface area contributed by atoms with Gasteiger partial charge in [-0.2, -0.15) is 0 Å². The predicted octanol–water partition coefficient (Wildman–Crippen LogP) is 3.27. The number of anilines is 2. The van der Waals surface area contributed by atoms with Crippen LogP contribution >= 0.6 is 11.6 Å². The zero-order valence-electron chi connectivity index (χ0n) is 16.9. The smallest absolute Gasteiger partial charge is 0.330 e. The Morgan fingerprint density at radius 3 is 2.69 bits per heavy atom. The van der Waals surface area contributed by atoms with Gasteiger partial charge >= 0.3 is 5.69 Å². The van der Waals surface area contributed by atoms with Gasteiger partial charge < -0.3 is 10.6 Å². The second-order valence-electron chi connectivity index (χ2n) is 7.23. The van der Waals surface area contributed by atoms with Crippen LogP contribution in [0.1, 0.15) is 39.2 Å². The van der Waals surface area contributed by atoms with Crippen LogP contribution in [-0.2, 0) is 11.3 Å². The van der Waals surface area contributed by atoms with Crippen LogP contribution in [0.2, 0.25) is 5.02 Å². The average Bonchev–Trinajstić information content (AvgIpc) is 2.65. The summed E-state index contributed by atoms with van der Waals surface area (Å²) in [4.78, 5) is 41.3. The molecule has 0 radical (unpaired) electrons. The van der Waals surface area contributed by atoms with E-state index in [2.05, 4.69) is 4.98 Å². The second-order valence-corrected chi connectivity index (χ2v) is 7.67. The Hall–Kier alpha value is -2.80. The minimum atomic E-state index is -0.673. The number of carbonyl (C=O) groups is 1. The summed E-state index contributed by atoms with van der Waals surface area (Å²) in [7, 11) is 0. The van der Waals surface area contributed by atoms with Crippen molar-refractivity contribution in [1.29, 1.82) is 0 Å². The number of halogens is 1. The Kier molecular flexibility index (Phi) is 7.84. The van der Waals surface area contributed by atoms with Crippen molar-refractivity contribution in [3.63, 3.8) is 0 Å². The average molecular weight is 419 g/mol. The number of benzene rings is 1. The van der Waals surface area contributed by atoms with E-state index in [4.69, 9.17) is 17.3 Å². The van der Waals surface area contributed by atoms with Gasteiger partial charge in [0, 0.05) is 24.2 Å². The molecule has 0 aliphatic carbocycles. The number of hydrogen-bond donors (Lipinski definition) is 2. The number of amides is 1. The lowest BCUT2D eigenvalue weighted by molar-refractivity contribution is -0.114. The van der Waals surface area contributed by atoms with Crippen molar-refractivity contribution in [2.24, 2.45) is 5.92 Å². The topological polar surface area (TPSA) is 101 Å². The number of aromatic amines is 1. The highest BCUT2D eigenvalue weighted by molar-refractivity contribution is 6.30. The van der Waals surface area contributed by atoms with Gasteiger partial charge in [-0.1, -0.05) is 50.9 Å². The molecule has 1 amide bonds. The molecule has 0 bridgehead atoms. The highest BCUT2D eigenvalue weighted by atomic mass is 35.5. The van der Waals surface area contributed by atoms with Gasteiger partial charge in [0.05, 0.1) is 0 Å². The molecule has 0 aliphatic heterocycles. The van der Waals surface area contributed by atoms with E-state index in [1.807, 2.05) is 26.8 Å². The van der Waals surface area contributed by atoms with Crippen LogP contribution in [0.5, 0.6) is 0 Å². The summed E-state index contributed by atoms with van der Waals surface area (Å²) in [5, 5.41) is 0.559. The van der Waals surface area contributed by atoms with E-state index < -0.39 is 17.2 Å². The number of rotatable bonds is 8. The Balaban J connectivity index is 2.47. The molecule has 0 atom stereocenters. The van der Waals surface area contributed by atoms with Gasteiger partial charge in [-0.25, -0.2) is 4.79 Å². The maximum absolute atomic E-state index is 12.9. The number of nitrogens with zero attached hydrogens (tertiary/aromatic N) is 2. The van der Waals surface area contributed by atoms with Gasteiger partial charge in [0.15, 0.2) is 5.69 Å². The molecule has 1 heterocycles. The molecule has 0 aliphatic rings. The lowest BCUT2D eigenvalue weighted by atomic mass is 10.2. The molecule has 0 spiro atoms. The molecule has 2 aromatic rings. The molecule has 1 aromatic heterocycles. The summed E-state index contributed by atoms with van der Waals surface area (Å²) >= 11 is 5.98. The zero-order valence-corrected chi connectivity index (χ0v) is 17.7. The molecule has 0 saturated carbocycles. The number of unbranched alkanes of at least 4 members (excludes halogenated alkanes) is 1. The van der Waals surface area contributed by atoms with E-state index in [0.717, 1.165) is 12.0 Å². The third-order valence-electron chi connectivity index (χ3n) is 4.30. The van der Waals surface area contributed by atoms with Crippen molar-refractivity contribution in [1.82, 2.24) is 9.55 Å². The van der Waals surface area contributed by atoms with E-state index >= 15 is 0 Å². The standard InChI is InChI=1S/C21H27ClN4O3/c1-4-5-11-25(17(27)10-9-15-7-6-8-16(22)12-15)18-19(23)26(13-14(2)3)21(29)24-20(18)28/h6-10,12,14H,4-5,11,13,23H2,1-3H3,(H,24,28,29)/b10-9+. The van der Waals surface area contributed by atoms with E-state index in [1.165, 1.54) is 15.5 Å². The quantitative estimate of drug-likeness (QED) is 0.642. The number of hydrogen-bond acceptors (Lipinski definition) is 4. The van der Waals surface area contributed by atoms with Crippen molar-refractivity contribution in [2.45, 2.75) is 40.2 Å². The van der Waals surface area contributed by atoms with Gasteiger partial charge in [0.1, 0.15) is 5.82 Å². The van der Waals surface area contributed by atoms with Gasteiger partial charge in [0.2, 0.25) is 0 Å². The zero-order chi connectivity index (χ0) is 21.6. The summed E-state index contributed by atoms with van der Waals surface area (Å²) in [6, 6.07) is 7.07. The fraction of sp³-hybridized carbons (Fsp3) is 0.381. The number of H-pyrrole nitrogens is 1. The van der Waals surface area contributed by atoms with Crippen LogP contribution in [0, 0.1) is 5.92 Å². The van der Waals surface area contributed by atoms with Crippen LogP contribution in [0.25, 0.3) is 6.08 Å². The summed E-state index contributed by atoms with van der Waals surface area (Å²) in [5.41, 5.74) is 5.68. The SMILES string of the molecule is CCCCN(C(=O)/C=C/c1cccc(Cl)c1)c1c(N)n(CC(C)C)c(=O)[nH]c1=O. The minimum Gasteiger partial charge on any atom is -0.383 e. The Bertz CT molecular complexity index is 1010. The first-order chi connectivity index (χ1) is 13.7. The Labute approximate surface area is 174 Å².